The highest BCUT2D eigenvalue weighted by Crippen LogP contribution is 2.33. The summed E-state index contributed by atoms with van der Waals surface area (Å²) in [6.07, 6.45) is 0. The van der Waals surface area contributed by atoms with E-state index in [-0.39, 0.29) is 0 Å². The Labute approximate surface area is 172 Å². The molecule has 8 nitrogen and oxygen atoms in total. The van der Waals surface area contributed by atoms with Crippen LogP contribution in [0.15, 0.2) is 36.4 Å². The topological polar surface area (TPSA) is 82.8 Å². The number of aromatic nitrogens is 4. The standard InChI is InChI=1S/C20H20ClN5O3/c1-27-9-8-22-20-23-15-11-13(21)5-6-14(15)19-25-24-18(26(19)20)12-4-7-16(28-2)17(10-12)29-3/h4-7,10-11H,8-9H2,1-3H3,(H,22,23). The third kappa shape index (κ3) is 3.52. The Kier molecular flexibility index (Phi) is 5.37. The lowest BCUT2D eigenvalue weighted by Gasteiger charge is -2.12. The quantitative estimate of drug-likeness (QED) is 0.463. The van der Waals surface area contributed by atoms with Gasteiger partial charge in [-0.25, -0.2) is 9.38 Å². The summed E-state index contributed by atoms with van der Waals surface area (Å²) in [5, 5.41) is 13.6. The molecule has 0 saturated heterocycles. The Morgan fingerprint density at radius 1 is 1.00 bits per heavy atom. The number of halogens is 1. The van der Waals surface area contributed by atoms with Crippen molar-refractivity contribution >= 4 is 34.1 Å². The Bertz CT molecular complexity index is 1180. The van der Waals surface area contributed by atoms with E-state index in [1.54, 1.807) is 21.3 Å². The number of hydrogen-bond acceptors (Lipinski definition) is 7. The first kappa shape index (κ1) is 19.2. The Morgan fingerprint density at radius 3 is 2.59 bits per heavy atom. The fourth-order valence-corrected chi connectivity index (χ4v) is 3.32. The highest BCUT2D eigenvalue weighted by molar-refractivity contribution is 6.31. The summed E-state index contributed by atoms with van der Waals surface area (Å²) in [6, 6.07) is 11.1. The Balaban J connectivity index is 1.94. The molecule has 0 aliphatic heterocycles. The normalized spacial score (nSPS) is 11.2. The first-order valence-corrected chi connectivity index (χ1v) is 9.33. The second kappa shape index (κ2) is 8.10. The average Bonchev–Trinajstić information content (AvgIpc) is 3.18. The molecule has 0 saturated carbocycles. The highest BCUT2D eigenvalue weighted by Gasteiger charge is 2.18. The summed E-state index contributed by atoms with van der Waals surface area (Å²) in [5.41, 5.74) is 2.23. The maximum absolute atomic E-state index is 6.16. The summed E-state index contributed by atoms with van der Waals surface area (Å²) in [4.78, 5) is 4.75. The zero-order valence-electron chi connectivity index (χ0n) is 16.3. The second-order valence-electron chi connectivity index (χ2n) is 6.27. The minimum absolute atomic E-state index is 0.532. The molecule has 4 rings (SSSR count). The number of ether oxygens (including phenoxy) is 3. The van der Waals surface area contributed by atoms with E-state index in [9.17, 15) is 0 Å². The molecule has 0 aliphatic carbocycles. The van der Waals surface area contributed by atoms with Gasteiger partial charge in [0, 0.05) is 29.6 Å². The molecule has 4 aromatic rings. The summed E-state index contributed by atoms with van der Waals surface area (Å²) in [6.45, 7) is 1.11. The molecule has 0 aliphatic rings. The van der Waals surface area contributed by atoms with Crippen LogP contribution in [0.3, 0.4) is 0 Å². The maximum Gasteiger partial charge on any atom is 0.211 e. The van der Waals surface area contributed by atoms with Gasteiger partial charge >= 0.3 is 0 Å². The number of nitrogens with one attached hydrogen (secondary N) is 1. The first-order valence-electron chi connectivity index (χ1n) is 8.96. The van der Waals surface area contributed by atoms with Gasteiger partial charge < -0.3 is 19.5 Å². The van der Waals surface area contributed by atoms with Crippen LogP contribution in [-0.4, -0.2) is 54.1 Å². The van der Waals surface area contributed by atoms with E-state index in [4.69, 9.17) is 30.8 Å². The van der Waals surface area contributed by atoms with E-state index in [1.807, 2.05) is 40.8 Å². The van der Waals surface area contributed by atoms with Crippen molar-refractivity contribution in [3.63, 3.8) is 0 Å². The van der Waals surface area contributed by atoms with Gasteiger partial charge in [0.15, 0.2) is 23.0 Å². The molecule has 29 heavy (non-hydrogen) atoms. The summed E-state index contributed by atoms with van der Waals surface area (Å²) in [7, 11) is 4.85. The van der Waals surface area contributed by atoms with Crippen LogP contribution in [0.2, 0.25) is 5.02 Å². The van der Waals surface area contributed by atoms with Crippen molar-refractivity contribution in [2.45, 2.75) is 0 Å². The van der Waals surface area contributed by atoms with Crippen LogP contribution in [0.4, 0.5) is 5.95 Å². The molecule has 0 unspecified atom stereocenters. The minimum Gasteiger partial charge on any atom is -0.493 e. The third-order valence-corrected chi connectivity index (χ3v) is 4.77. The van der Waals surface area contributed by atoms with Gasteiger partial charge in [0.05, 0.1) is 26.3 Å². The number of hydrogen-bond donors (Lipinski definition) is 1. The van der Waals surface area contributed by atoms with Crippen LogP contribution in [-0.2, 0) is 4.74 Å². The van der Waals surface area contributed by atoms with Crippen molar-refractivity contribution in [1.29, 1.82) is 0 Å². The minimum atomic E-state index is 0.532. The second-order valence-corrected chi connectivity index (χ2v) is 6.71. The number of fused-ring (bicyclic) bond motifs is 3. The van der Waals surface area contributed by atoms with Crippen molar-refractivity contribution in [2.75, 3.05) is 39.8 Å². The number of rotatable bonds is 7. The van der Waals surface area contributed by atoms with Crippen molar-refractivity contribution in [3.05, 3.63) is 41.4 Å². The monoisotopic (exact) mass is 413 g/mol. The van der Waals surface area contributed by atoms with Crippen molar-refractivity contribution in [2.24, 2.45) is 0 Å². The molecule has 0 radical (unpaired) electrons. The van der Waals surface area contributed by atoms with Gasteiger partial charge in [0.2, 0.25) is 5.95 Å². The van der Waals surface area contributed by atoms with Crippen molar-refractivity contribution in [1.82, 2.24) is 19.6 Å². The molecule has 0 bridgehead atoms. The zero-order chi connectivity index (χ0) is 20.4. The van der Waals surface area contributed by atoms with E-state index in [0.717, 1.165) is 16.5 Å². The van der Waals surface area contributed by atoms with E-state index in [0.29, 0.717) is 47.1 Å². The lowest BCUT2D eigenvalue weighted by Crippen LogP contribution is -2.13. The number of anilines is 1. The Morgan fingerprint density at radius 2 is 1.83 bits per heavy atom. The SMILES string of the molecule is COCCNc1nc2cc(Cl)ccc2c2nnc(-c3ccc(OC)c(OC)c3)n12. The predicted molar refractivity (Wildman–Crippen MR) is 112 cm³/mol. The molecule has 2 heterocycles. The zero-order valence-corrected chi connectivity index (χ0v) is 17.0. The van der Waals surface area contributed by atoms with Crippen LogP contribution in [0.1, 0.15) is 0 Å². The highest BCUT2D eigenvalue weighted by atomic mass is 35.5. The largest absolute Gasteiger partial charge is 0.493 e. The lowest BCUT2D eigenvalue weighted by molar-refractivity contribution is 0.210. The molecule has 0 spiro atoms. The molecule has 1 N–H and O–H groups in total. The van der Waals surface area contributed by atoms with E-state index in [1.165, 1.54) is 0 Å². The van der Waals surface area contributed by atoms with Gasteiger partial charge in [-0.15, -0.1) is 10.2 Å². The molecule has 2 aromatic carbocycles. The van der Waals surface area contributed by atoms with Gasteiger partial charge in [-0.1, -0.05) is 11.6 Å². The summed E-state index contributed by atoms with van der Waals surface area (Å²) >= 11 is 6.16. The number of benzene rings is 2. The first-order chi connectivity index (χ1) is 14.2. The molecule has 0 atom stereocenters. The lowest BCUT2D eigenvalue weighted by atomic mass is 10.2. The molecule has 0 amide bonds. The number of nitrogens with zero attached hydrogens (tertiary/aromatic N) is 4. The van der Waals surface area contributed by atoms with Crippen molar-refractivity contribution in [3.8, 4) is 22.9 Å². The third-order valence-electron chi connectivity index (χ3n) is 4.53. The molecule has 2 aromatic heterocycles. The molecule has 150 valence electrons. The van der Waals surface area contributed by atoms with Crippen LogP contribution < -0.4 is 14.8 Å². The maximum atomic E-state index is 6.16. The van der Waals surface area contributed by atoms with Crippen molar-refractivity contribution < 1.29 is 14.2 Å². The average molecular weight is 414 g/mol. The summed E-state index contributed by atoms with van der Waals surface area (Å²) in [5.74, 6) is 2.48. The fourth-order valence-electron chi connectivity index (χ4n) is 3.16. The van der Waals surface area contributed by atoms with E-state index in [2.05, 4.69) is 15.5 Å². The van der Waals surface area contributed by atoms with Crippen LogP contribution in [0, 0.1) is 0 Å². The van der Waals surface area contributed by atoms with Gasteiger partial charge in [-0.05, 0) is 36.4 Å². The van der Waals surface area contributed by atoms with Gasteiger partial charge in [-0.2, -0.15) is 0 Å². The number of methoxy groups -OCH3 is 3. The fraction of sp³-hybridized carbons (Fsp3) is 0.250. The molecule has 0 fully saturated rings. The van der Waals surface area contributed by atoms with E-state index < -0.39 is 0 Å². The van der Waals surface area contributed by atoms with Crippen LogP contribution in [0.5, 0.6) is 11.5 Å². The van der Waals surface area contributed by atoms with Crippen LogP contribution in [0.25, 0.3) is 27.9 Å². The molecular weight excluding hydrogens is 394 g/mol. The van der Waals surface area contributed by atoms with Gasteiger partial charge in [0.1, 0.15) is 0 Å². The molecule has 9 heteroatoms. The van der Waals surface area contributed by atoms with Gasteiger partial charge in [0.25, 0.3) is 0 Å². The van der Waals surface area contributed by atoms with E-state index >= 15 is 0 Å². The van der Waals surface area contributed by atoms with Gasteiger partial charge in [-0.3, -0.25) is 0 Å². The van der Waals surface area contributed by atoms with Crippen LogP contribution >= 0.6 is 11.6 Å². The smallest absolute Gasteiger partial charge is 0.211 e. The molecular formula is C20H20ClN5O3. The predicted octanol–water partition coefficient (Wildman–Crippen LogP) is 3.67. The Hall–Kier alpha value is -3.10. The summed E-state index contributed by atoms with van der Waals surface area (Å²) < 4.78 is 17.8.